The summed E-state index contributed by atoms with van der Waals surface area (Å²) in [4.78, 5) is 0. The van der Waals surface area contributed by atoms with E-state index in [0.29, 0.717) is 51.1 Å². The molecule has 58 heavy (non-hydrogen) atoms. The number of ether oxygens (including phenoxy) is 4. The van der Waals surface area contributed by atoms with Gasteiger partial charge in [-0.05, 0) is 0 Å². The van der Waals surface area contributed by atoms with Crippen LogP contribution in [-0.2, 0) is 9.47 Å². The molecule has 0 unspecified atom stereocenters. The minimum absolute atomic E-state index is 0.443. The Labute approximate surface area is 356 Å². The van der Waals surface area contributed by atoms with Crippen molar-refractivity contribution in [3.8, 4) is 11.5 Å². The quantitative estimate of drug-likeness (QED) is 0.0527. The maximum atomic E-state index is 6.17. The van der Waals surface area contributed by atoms with E-state index in [1.807, 2.05) is 24.3 Å². The standard InChI is InChI=1S/C50H50Ge2O4S2/c1-7-21-43(22-8-1)51(44-23-9-2-10-24-44,45-25-11-3-12-26-45)57-41-39-53-35-37-55-49-33-19-20-34-50(49)56-38-36-54-40-42-58-52(46-27-13-4-14-28-46,47-29-15-5-16-30-47)48-31-17-6-18-32-48/h1-34H,35-42H2. The van der Waals surface area contributed by atoms with Crippen LogP contribution in [0.2, 0.25) is 0 Å². The van der Waals surface area contributed by atoms with Crippen LogP contribution in [-0.4, -0.2) is 75.4 Å². The zero-order valence-corrected chi connectivity index (χ0v) is 38.6. The van der Waals surface area contributed by atoms with Crippen LogP contribution in [0, 0.1) is 0 Å². The molecule has 4 nitrogen and oxygen atoms in total. The van der Waals surface area contributed by atoms with Crippen LogP contribution >= 0.6 is 20.2 Å². The first kappa shape index (κ1) is 42.0. The number of hydrogen-bond acceptors (Lipinski definition) is 6. The average molecular weight is 924 g/mol. The van der Waals surface area contributed by atoms with E-state index in [1.165, 1.54) is 26.4 Å². The van der Waals surface area contributed by atoms with Crippen molar-refractivity contribution in [2.45, 2.75) is 0 Å². The van der Waals surface area contributed by atoms with Gasteiger partial charge in [-0.25, -0.2) is 0 Å². The fourth-order valence-electron chi connectivity index (χ4n) is 7.36. The molecule has 0 heterocycles. The van der Waals surface area contributed by atoms with E-state index in [9.17, 15) is 0 Å². The summed E-state index contributed by atoms with van der Waals surface area (Å²) >= 11 is -6.09. The van der Waals surface area contributed by atoms with Crippen LogP contribution in [0.4, 0.5) is 0 Å². The van der Waals surface area contributed by atoms with Crippen LogP contribution in [0.15, 0.2) is 206 Å². The summed E-state index contributed by atoms with van der Waals surface area (Å²) in [6.07, 6.45) is 0. The Hall–Kier alpha value is -4.15. The van der Waals surface area contributed by atoms with Gasteiger partial charge >= 0.3 is 359 Å². The Bertz CT molecular complexity index is 1850. The van der Waals surface area contributed by atoms with Gasteiger partial charge in [0.1, 0.15) is 0 Å². The monoisotopic (exact) mass is 926 g/mol. The van der Waals surface area contributed by atoms with Gasteiger partial charge < -0.3 is 0 Å². The summed E-state index contributed by atoms with van der Waals surface area (Å²) in [7, 11) is 4.18. The number of hydrogen-bond donors (Lipinski definition) is 0. The van der Waals surface area contributed by atoms with Gasteiger partial charge in [-0.1, -0.05) is 0 Å². The normalized spacial score (nSPS) is 11.6. The third-order valence-corrected chi connectivity index (χ3v) is 41.4. The van der Waals surface area contributed by atoms with E-state index in [1.54, 1.807) is 0 Å². The Kier molecular flexibility index (Phi) is 16.1. The molecule has 0 aliphatic carbocycles. The minimum atomic E-state index is -3.04. The molecule has 8 heteroatoms. The summed E-state index contributed by atoms with van der Waals surface area (Å²) in [5.74, 6) is 3.22. The average Bonchev–Trinajstić information content (AvgIpc) is 3.30. The van der Waals surface area contributed by atoms with E-state index < -0.39 is 24.2 Å². The third-order valence-electron chi connectivity index (χ3n) is 9.99. The Morgan fingerprint density at radius 2 is 0.517 bits per heavy atom. The molecule has 0 spiro atoms. The summed E-state index contributed by atoms with van der Waals surface area (Å²) in [5, 5.41) is 0. The molecule has 0 aromatic heterocycles. The second-order valence-corrected chi connectivity index (χ2v) is 38.0. The van der Waals surface area contributed by atoms with Gasteiger partial charge in [0, 0.05) is 0 Å². The molecule has 294 valence electrons. The summed E-state index contributed by atoms with van der Waals surface area (Å²) in [6.45, 7) is 3.18. The molecule has 0 radical (unpaired) electrons. The zero-order valence-electron chi connectivity index (χ0n) is 32.7. The van der Waals surface area contributed by atoms with E-state index in [-0.39, 0.29) is 0 Å². The zero-order chi connectivity index (χ0) is 39.6. The molecular formula is C50H50Ge2O4S2. The molecule has 7 aromatic carbocycles. The fraction of sp³-hybridized carbons (Fsp3) is 0.160. The van der Waals surface area contributed by atoms with Crippen LogP contribution in [0.1, 0.15) is 0 Å². The second kappa shape index (κ2) is 22.3. The second-order valence-electron chi connectivity index (χ2n) is 13.6. The van der Waals surface area contributed by atoms with Gasteiger partial charge in [0.05, 0.1) is 0 Å². The number of benzene rings is 7. The van der Waals surface area contributed by atoms with Crippen LogP contribution in [0.25, 0.3) is 0 Å². The van der Waals surface area contributed by atoms with Gasteiger partial charge in [0.25, 0.3) is 0 Å². The molecule has 0 saturated heterocycles. The summed E-state index contributed by atoms with van der Waals surface area (Å²) in [6, 6.07) is 74.2. The first-order chi connectivity index (χ1) is 28.8. The van der Waals surface area contributed by atoms with Crippen molar-refractivity contribution in [2.75, 3.05) is 51.1 Å². The van der Waals surface area contributed by atoms with Crippen molar-refractivity contribution < 1.29 is 18.9 Å². The van der Waals surface area contributed by atoms with Gasteiger partial charge in [-0.3, -0.25) is 0 Å². The molecule has 0 bridgehead atoms. The summed E-state index contributed by atoms with van der Waals surface area (Å²) < 4.78 is 33.3. The van der Waals surface area contributed by atoms with Crippen molar-refractivity contribution in [3.63, 3.8) is 0 Å². The molecule has 0 atom stereocenters. The molecule has 0 amide bonds. The van der Waals surface area contributed by atoms with Crippen molar-refractivity contribution in [3.05, 3.63) is 206 Å². The van der Waals surface area contributed by atoms with Crippen molar-refractivity contribution in [1.82, 2.24) is 0 Å². The van der Waals surface area contributed by atoms with Crippen molar-refractivity contribution in [1.29, 1.82) is 0 Å². The molecular weight excluding hydrogens is 874 g/mol. The molecule has 0 saturated carbocycles. The maximum absolute atomic E-state index is 6.17. The molecule has 0 N–H and O–H groups in total. The van der Waals surface area contributed by atoms with Crippen LogP contribution < -0.4 is 35.8 Å². The molecule has 0 aliphatic rings. The predicted octanol–water partition coefficient (Wildman–Crippen LogP) is 7.28. The van der Waals surface area contributed by atoms with E-state index in [4.69, 9.17) is 18.9 Å². The predicted molar refractivity (Wildman–Crippen MR) is 252 cm³/mol. The first-order valence-electron chi connectivity index (χ1n) is 19.9. The first-order valence-corrected chi connectivity index (χ1v) is 33.3. The van der Waals surface area contributed by atoms with Gasteiger partial charge in [0.2, 0.25) is 0 Å². The Morgan fingerprint density at radius 1 is 0.276 bits per heavy atom. The van der Waals surface area contributed by atoms with Crippen LogP contribution in [0.3, 0.4) is 0 Å². The SMILES string of the molecule is c1cc[c]([Ge]([S]CCOCCOc2ccccc2OCCOCC[S][Ge]([c]2ccccc2)([c]2ccccc2)[c]2ccccc2)([c]2ccccc2)[c]2ccccc2)cc1. The fourth-order valence-corrected chi connectivity index (χ4v) is 37.3. The Morgan fingerprint density at radius 3 is 0.776 bits per heavy atom. The van der Waals surface area contributed by atoms with E-state index >= 15 is 0 Å². The molecule has 7 rings (SSSR count). The van der Waals surface area contributed by atoms with E-state index in [0.717, 1.165) is 11.5 Å². The number of para-hydroxylation sites is 2. The van der Waals surface area contributed by atoms with Crippen LogP contribution in [0.5, 0.6) is 11.5 Å². The number of rotatable bonds is 22. The molecule has 0 fully saturated rings. The van der Waals surface area contributed by atoms with Crippen molar-refractivity contribution in [2.24, 2.45) is 0 Å². The topological polar surface area (TPSA) is 36.9 Å². The van der Waals surface area contributed by atoms with Gasteiger partial charge in [-0.2, -0.15) is 0 Å². The van der Waals surface area contributed by atoms with Gasteiger partial charge in [-0.15, -0.1) is 0 Å². The van der Waals surface area contributed by atoms with E-state index in [2.05, 4.69) is 202 Å². The van der Waals surface area contributed by atoms with Crippen molar-refractivity contribution >= 4 is 70.8 Å². The molecule has 7 aromatic rings. The van der Waals surface area contributed by atoms with Gasteiger partial charge in [0.15, 0.2) is 0 Å². The summed E-state index contributed by atoms with van der Waals surface area (Å²) in [5.41, 5.74) is 0. The third kappa shape index (κ3) is 10.5. The molecule has 0 aliphatic heterocycles. The Balaban J connectivity index is 0.878.